The van der Waals surface area contributed by atoms with Crippen molar-refractivity contribution >= 4 is 21.6 Å². The van der Waals surface area contributed by atoms with E-state index in [9.17, 15) is 0 Å². The second kappa shape index (κ2) is 3.78. The number of nitrogens with two attached hydrogens (primary N) is 2. The summed E-state index contributed by atoms with van der Waals surface area (Å²) in [6.07, 6.45) is 4.87. The first-order chi connectivity index (χ1) is 5.74. The van der Waals surface area contributed by atoms with Crippen LogP contribution in [-0.2, 0) is 0 Å². The quantitative estimate of drug-likeness (QED) is 0.681. The topological polar surface area (TPSA) is 52.0 Å². The van der Waals surface area contributed by atoms with E-state index in [1.54, 1.807) is 0 Å². The molecule has 2 rings (SSSR count). The highest BCUT2D eigenvalue weighted by Crippen LogP contribution is 2.45. The maximum Gasteiger partial charge on any atom is 0.0181 e. The van der Waals surface area contributed by atoms with Crippen LogP contribution in [0.4, 0.5) is 0 Å². The van der Waals surface area contributed by atoms with E-state index in [1.807, 2.05) is 21.6 Å². The van der Waals surface area contributed by atoms with E-state index in [4.69, 9.17) is 11.5 Å². The van der Waals surface area contributed by atoms with E-state index in [-0.39, 0.29) is 0 Å². The highest BCUT2D eigenvalue weighted by molar-refractivity contribution is 8.77. The third-order valence-electron chi connectivity index (χ3n) is 2.59. The molecular formula is C8H16N2S2. The summed E-state index contributed by atoms with van der Waals surface area (Å²) in [6, 6.07) is 0.985. The van der Waals surface area contributed by atoms with Crippen LogP contribution in [0.3, 0.4) is 0 Å². The van der Waals surface area contributed by atoms with Crippen LogP contribution in [0.5, 0.6) is 0 Å². The summed E-state index contributed by atoms with van der Waals surface area (Å²) in [5, 5.41) is 1.67. The van der Waals surface area contributed by atoms with Gasteiger partial charge in [0.25, 0.3) is 0 Å². The second-order valence-corrected chi connectivity index (χ2v) is 6.77. The summed E-state index contributed by atoms with van der Waals surface area (Å²) in [7, 11) is 4.07. The molecule has 2 nitrogen and oxygen atoms in total. The van der Waals surface area contributed by atoms with E-state index >= 15 is 0 Å². The van der Waals surface area contributed by atoms with Gasteiger partial charge in [0, 0.05) is 22.6 Å². The van der Waals surface area contributed by atoms with Crippen LogP contribution < -0.4 is 11.5 Å². The van der Waals surface area contributed by atoms with Gasteiger partial charge in [-0.05, 0) is 25.7 Å². The van der Waals surface area contributed by atoms with Crippen LogP contribution >= 0.6 is 21.6 Å². The smallest absolute Gasteiger partial charge is 0.0181 e. The fourth-order valence-electron chi connectivity index (χ4n) is 1.53. The van der Waals surface area contributed by atoms with Crippen molar-refractivity contribution in [2.75, 3.05) is 0 Å². The lowest BCUT2D eigenvalue weighted by molar-refractivity contribution is 0.430. The highest BCUT2D eigenvalue weighted by atomic mass is 33.1. The molecule has 0 unspecified atom stereocenters. The molecule has 0 aliphatic heterocycles. The molecule has 4 N–H and O–H groups in total. The van der Waals surface area contributed by atoms with Crippen molar-refractivity contribution in [2.24, 2.45) is 11.5 Å². The molecule has 2 aliphatic carbocycles. The maximum absolute atomic E-state index is 5.70. The van der Waals surface area contributed by atoms with Gasteiger partial charge in [-0.3, -0.25) is 0 Å². The van der Waals surface area contributed by atoms with Gasteiger partial charge >= 0.3 is 0 Å². The predicted octanol–water partition coefficient (Wildman–Crippen LogP) is 1.35. The molecule has 0 aromatic carbocycles. The van der Waals surface area contributed by atoms with Gasteiger partial charge in [-0.15, -0.1) is 0 Å². The lowest BCUT2D eigenvalue weighted by Gasteiger charge is -2.36. The van der Waals surface area contributed by atoms with E-state index in [0.717, 1.165) is 10.5 Å². The van der Waals surface area contributed by atoms with Crippen molar-refractivity contribution in [3.05, 3.63) is 0 Å². The van der Waals surface area contributed by atoms with Gasteiger partial charge in [-0.1, -0.05) is 21.6 Å². The zero-order chi connectivity index (χ0) is 8.55. The summed E-state index contributed by atoms with van der Waals surface area (Å²) in [4.78, 5) is 0. The molecule has 4 heteroatoms. The molecule has 0 saturated heterocycles. The Morgan fingerprint density at radius 2 is 1.08 bits per heavy atom. The second-order valence-electron chi connectivity index (χ2n) is 3.90. The van der Waals surface area contributed by atoms with Crippen molar-refractivity contribution in [2.45, 2.75) is 48.3 Å². The van der Waals surface area contributed by atoms with Crippen LogP contribution in [0, 0.1) is 0 Å². The largest absolute Gasteiger partial charge is 0.328 e. The van der Waals surface area contributed by atoms with Crippen LogP contribution in [0.2, 0.25) is 0 Å². The monoisotopic (exact) mass is 204 g/mol. The Labute approximate surface area is 81.6 Å². The van der Waals surface area contributed by atoms with E-state index in [0.29, 0.717) is 12.1 Å². The Hall–Kier alpha value is 0.620. The van der Waals surface area contributed by atoms with Gasteiger partial charge < -0.3 is 11.5 Å². The molecule has 0 aromatic heterocycles. The molecule has 2 fully saturated rings. The molecule has 2 aliphatic rings. The lowest BCUT2D eigenvalue weighted by Crippen LogP contribution is -2.39. The zero-order valence-electron chi connectivity index (χ0n) is 7.11. The summed E-state index contributed by atoms with van der Waals surface area (Å²) in [5.41, 5.74) is 11.4. The molecular weight excluding hydrogens is 188 g/mol. The van der Waals surface area contributed by atoms with Crippen molar-refractivity contribution in [3.8, 4) is 0 Å². The molecule has 2 saturated carbocycles. The van der Waals surface area contributed by atoms with Crippen molar-refractivity contribution in [3.63, 3.8) is 0 Å². The standard InChI is InChI=1S/C8H16N2S2/c9-5-1-7(2-5)11-12-8-3-6(10)4-8/h5-8H,1-4,9-10H2. The summed E-state index contributed by atoms with van der Waals surface area (Å²) < 4.78 is 0. The Balaban J connectivity index is 1.52. The Morgan fingerprint density at radius 3 is 1.33 bits per heavy atom. The SMILES string of the molecule is NC1CC(SSC2CC(N)C2)C1. The molecule has 0 aromatic rings. The predicted molar refractivity (Wildman–Crippen MR) is 57.2 cm³/mol. The minimum atomic E-state index is 0.492. The Bertz CT molecular complexity index is 135. The Morgan fingerprint density at radius 1 is 0.750 bits per heavy atom. The first-order valence-corrected chi connectivity index (χ1v) is 6.85. The van der Waals surface area contributed by atoms with Gasteiger partial charge in [0.1, 0.15) is 0 Å². The maximum atomic E-state index is 5.70. The summed E-state index contributed by atoms with van der Waals surface area (Å²) >= 11 is 0. The Kier molecular flexibility index (Phi) is 2.89. The molecule has 0 atom stereocenters. The van der Waals surface area contributed by atoms with Crippen molar-refractivity contribution < 1.29 is 0 Å². The van der Waals surface area contributed by atoms with Gasteiger partial charge in [-0.2, -0.15) is 0 Å². The lowest BCUT2D eigenvalue weighted by atomic mass is 9.93. The molecule has 0 radical (unpaired) electrons. The summed E-state index contributed by atoms with van der Waals surface area (Å²) in [6.45, 7) is 0. The number of rotatable bonds is 3. The first-order valence-electron chi connectivity index (χ1n) is 4.57. The molecule has 0 amide bonds. The zero-order valence-corrected chi connectivity index (χ0v) is 8.74. The molecule has 12 heavy (non-hydrogen) atoms. The van der Waals surface area contributed by atoms with E-state index in [2.05, 4.69) is 0 Å². The van der Waals surface area contributed by atoms with Crippen LogP contribution in [0.15, 0.2) is 0 Å². The van der Waals surface area contributed by atoms with Gasteiger partial charge in [0.05, 0.1) is 0 Å². The van der Waals surface area contributed by atoms with Gasteiger partial charge in [-0.25, -0.2) is 0 Å². The van der Waals surface area contributed by atoms with Crippen molar-refractivity contribution in [1.29, 1.82) is 0 Å². The highest BCUT2D eigenvalue weighted by Gasteiger charge is 2.31. The molecule has 70 valence electrons. The molecule has 0 heterocycles. The number of hydrogen-bond acceptors (Lipinski definition) is 4. The normalized spacial score (nSPS) is 46.5. The van der Waals surface area contributed by atoms with Gasteiger partial charge in [0.15, 0.2) is 0 Å². The van der Waals surface area contributed by atoms with Gasteiger partial charge in [0.2, 0.25) is 0 Å². The third-order valence-corrected chi connectivity index (χ3v) is 5.98. The van der Waals surface area contributed by atoms with E-state index in [1.165, 1.54) is 25.7 Å². The van der Waals surface area contributed by atoms with Crippen LogP contribution in [0.1, 0.15) is 25.7 Å². The van der Waals surface area contributed by atoms with Crippen LogP contribution in [-0.4, -0.2) is 22.6 Å². The minimum Gasteiger partial charge on any atom is -0.328 e. The summed E-state index contributed by atoms with van der Waals surface area (Å²) in [5.74, 6) is 0. The van der Waals surface area contributed by atoms with E-state index < -0.39 is 0 Å². The minimum absolute atomic E-state index is 0.492. The fourth-order valence-corrected chi connectivity index (χ4v) is 5.03. The number of hydrogen-bond donors (Lipinski definition) is 2. The average Bonchev–Trinajstić information content (AvgIpc) is 1.91. The third kappa shape index (κ3) is 2.10. The average molecular weight is 204 g/mol. The fraction of sp³-hybridized carbons (Fsp3) is 1.00. The molecule has 0 spiro atoms. The molecule has 0 bridgehead atoms. The van der Waals surface area contributed by atoms with Crippen molar-refractivity contribution in [1.82, 2.24) is 0 Å². The van der Waals surface area contributed by atoms with Crippen LogP contribution in [0.25, 0.3) is 0 Å². The first kappa shape index (κ1) is 9.19.